The van der Waals surface area contributed by atoms with E-state index in [0.29, 0.717) is 32.7 Å². The molecule has 3 N–H and O–H groups in total. The molecule has 1 aliphatic rings. The van der Waals surface area contributed by atoms with Gasteiger partial charge in [0.1, 0.15) is 12.6 Å². The van der Waals surface area contributed by atoms with Gasteiger partial charge in [-0.2, -0.15) is 0 Å². The topological polar surface area (TPSA) is 100 Å². The van der Waals surface area contributed by atoms with Gasteiger partial charge in [0, 0.05) is 13.1 Å². The van der Waals surface area contributed by atoms with Crippen LogP contribution in [0, 0.1) is 0 Å². The standard InChI is InChI=1S/C13H25N3O5/c1-4-10(11(17)16-5-7-20-8-6-16)14-12(18)15-21-9-13(2,3)19/h10,19H,4-9H2,1-3H3,(H2,14,15,18). The summed E-state index contributed by atoms with van der Waals surface area (Å²) >= 11 is 0. The lowest BCUT2D eigenvalue weighted by molar-refractivity contribution is -0.137. The van der Waals surface area contributed by atoms with E-state index in [-0.39, 0.29) is 12.5 Å². The number of rotatable bonds is 6. The second kappa shape index (κ2) is 8.16. The van der Waals surface area contributed by atoms with E-state index in [1.54, 1.807) is 18.7 Å². The predicted molar refractivity (Wildman–Crippen MR) is 75.4 cm³/mol. The summed E-state index contributed by atoms with van der Waals surface area (Å²) in [6.07, 6.45) is 0.481. The Morgan fingerprint density at radius 1 is 1.38 bits per heavy atom. The number of amides is 3. The van der Waals surface area contributed by atoms with Crippen molar-refractivity contribution in [3.63, 3.8) is 0 Å². The van der Waals surface area contributed by atoms with Crippen molar-refractivity contribution in [1.82, 2.24) is 15.7 Å². The molecule has 1 saturated heterocycles. The Morgan fingerprint density at radius 3 is 2.52 bits per heavy atom. The zero-order valence-electron chi connectivity index (χ0n) is 12.8. The molecule has 3 amide bonds. The highest BCUT2D eigenvalue weighted by Crippen LogP contribution is 2.04. The third-order valence-corrected chi connectivity index (χ3v) is 2.92. The quantitative estimate of drug-likeness (QED) is 0.581. The Hall–Kier alpha value is -1.38. The molecule has 1 fully saturated rings. The molecule has 122 valence electrons. The minimum absolute atomic E-state index is 0.0470. The van der Waals surface area contributed by atoms with Gasteiger partial charge in [0.15, 0.2) is 0 Å². The maximum atomic E-state index is 12.2. The van der Waals surface area contributed by atoms with Crippen molar-refractivity contribution < 1.29 is 24.3 Å². The summed E-state index contributed by atoms with van der Waals surface area (Å²) in [5.74, 6) is -0.126. The molecule has 8 nitrogen and oxygen atoms in total. The lowest BCUT2D eigenvalue weighted by Crippen LogP contribution is -2.53. The van der Waals surface area contributed by atoms with Crippen molar-refractivity contribution in [2.24, 2.45) is 0 Å². The van der Waals surface area contributed by atoms with Gasteiger partial charge in [-0.05, 0) is 20.3 Å². The first-order chi connectivity index (χ1) is 9.83. The maximum Gasteiger partial charge on any atom is 0.339 e. The van der Waals surface area contributed by atoms with Crippen LogP contribution >= 0.6 is 0 Å². The van der Waals surface area contributed by atoms with E-state index < -0.39 is 17.7 Å². The highest BCUT2D eigenvalue weighted by Gasteiger charge is 2.26. The van der Waals surface area contributed by atoms with E-state index in [9.17, 15) is 14.7 Å². The van der Waals surface area contributed by atoms with Crippen molar-refractivity contribution in [3.8, 4) is 0 Å². The van der Waals surface area contributed by atoms with Crippen molar-refractivity contribution in [1.29, 1.82) is 0 Å². The molecule has 1 rings (SSSR count). The fourth-order valence-electron chi connectivity index (χ4n) is 1.81. The first-order valence-electron chi connectivity index (χ1n) is 7.10. The summed E-state index contributed by atoms with van der Waals surface area (Å²) < 4.78 is 5.19. The molecule has 0 radical (unpaired) electrons. The molecule has 1 unspecified atom stereocenters. The summed E-state index contributed by atoms with van der Waals surface area (Å²) in [5, 5.41) is 12.0. The van der Waals surface area contributed by atoms with Crippen molar-refractivity contribution >= 4 is 11.9 Å². The molecule has 0 aromatic rings. The molecule has 0 aromatic heterocycles. The number of nitrogens with one attached hydrogen (secondary N) is 2. The predicted octanol–water partition coefficient (Wildman–Crippen LogP) is -0.374. The fourth-order valence-corrected chi connectivity index (χ4v) is 1.81. The van der Waals surface area contributed by atoms with Gasteiger partial charge in [-0.1, -0.05) is 6.92 Å². The third kappa shape index (κ3) is 6.74. The Bertz CT molecular complexity index is 350. The van der Waals surface area contributed by atoms with E-state index >= 15 is 0 Å². The number of carbonyl (C=O) groups is 2. The van der Waals surface area contributed by atoms with Crippen molar-refractivity contribution in [2.45, 2.75) is 38.8 Å². The maximum absolute atomic E-state index is 12.2. The van der Waals surface area contributed by atoms with E-state index in [1.165, 1.54) is 0 Å². The van der Waals surface area contributed by atoms with Crippen LogP contribution in [0.4, 0.5) is 4.79 Å². The molecule has 0 saturated carbocycles. The SMILES string of the molecule is CCC(NC(=O)NOCC(C)(C)O)C(=O)N1CCOCC1. The highest BCUT2D eigenvalue weighted by molar-refractivity contribution is 5.86. The molecular weight excluding hydrogens is 278 g/mol. The van der Waals surface area contributed by atoms with Crippen LogP contribution in [0.5, 0.6) is 0 Å². The summed E-state index contributed by atoms with van der Waals surface area (Å²) in [4.78, 5) is 30.5. The highest BCUT2D eigenvalue weighted by atomic mass is 16.7. The lowest BCUT2D eigenvalue weighted by atomic mass is 10.2. The number of hydrogen-bond acceptors (Lipinski definition) is 5. The molecule has 1 heterocycles. The minimum atomic E-state index is -1.04. The van der Waals surface area contributed by atoms with Gasteiger partial charge in [-0.15, -0.1) is 0 Å². The van der Waals surface area contributed by atoms with E-state index in [2.05, 4.69) is 10.8 Å². The fraction of sp³-hybridized carbons (Fsp3) is 0.846. The van der Waals surface area contributed by atoms with E-state index in [4.69, 9.17) is 9.57 Å². The van der Waals surface area contributed by atoms with Crippen LogP contribution in [0.3, 0.4) is 0 Å². The van der Waals surface area contributed by atoms with Gasteiger partial charge in [-0.25, -0.2) is 10.3 Å². The largest absolute Gasteiger partial charge is 0.388 e. The number of urea groups is 1. The summed E-state index contributed by atoms with van der Waals surface area (Å²) in [6, 6.07) is -1.21. The van der Waals surface area contributed by atoms with Gasteiger partial charge in [0.2, 0.25) is 5.91 Å². The Morgan fingerprint density at radius 2 is 2.00 bits per heavy atom. The number of carbonyl (C=O) groups excluding carboxylic acids is 2. The zero-order chi connectivity index (χ0) is 15.9. The molecule has 0 spiro atoms. The smallest absolute Gasteiger partial charge is 0.339 e. The van der Waals surface area contributed by atoms with E-state index in [1.807, 2.05) is 6.92 Å². The molecule has 0 aromatic carbocycles. The number of nitrogens with zero attached hydrogens (tertiary/aromatic N) is 1. The summed E-state index contributed by atoms with van der Waals surface area (Å²) in [5.41, 5.74) is 1.12. The average Bonchev–Trinajstić information content (AvgIpc) is 2.43. The first kappa shape index (κ1) is 17.7. The van der Waals surface area contributed by atoms with Crippen LogP contribution in [-0.2, 0) is 14.4 Å². The number of ether oxygens (including phenoxy) is 1. The van der Waals surface area contributed by atoms with Gasteiger partial charge >= 0.3 is 6.03 Å². The molecule has 21 heavy (non-hydrogen) atoms. The minimum Gasteiger partial charge on any atom is -0.388 e. The molecule has 0 bridgehead atoms. The van der Waals surface area contributed by atoms with Gasteiger partial charge in [0.25, 0.3) is 0 Å². The molecule has 1 atom stereocenters. The second-order valence-electron chi connectivity index (χ2n) is 5.58. The lowest BCUT2D eigenvalue weighted by Gasteiger charge is -2.30. The Labute approximate surface area is 124 Å². The van der Waals surface area contributed by atoms with Crippen molar-refractivity contribution in [3.05, 3.63) is 0 Å². The molecular formula is C13H25N3O5. The van der Waals surface area contributed by atoms with Crippen LogP contribution < -0.4 is 10.8 Å². The normalized spacial score (nSPS) is 17.2. The summed E-state index contributed by atoms with van der Waals surface area (Å²) in [6.45, 7) is 7.00. The van der Waals surface area contributed by atoms with Crippen LogP contribution in [0.15, 0.2) is 0 Å². The van der Waals surface area contributed by atoms with Crippen LogP contribution in [0.25, 0.3) is 0 Å². The molecule has 8 heteroatoms. The Balaban J connectivity index is 2.38. The number of hydrogen-bond donors (Lipinski definition) is 3. The van der Waals surface area contributed by atoms with Crippen LogP contribution in [0.1, 0.15) is 27.2 Å². The summed E-state index contributed by atoms with van der Waals surface area (Å²) in [7, 11) is 0. The number of morpholine rings is 1. The zero-order valence-corrected chi connectivity index (χ0v) is 12.8. The van der Waals surface area contributed by atoms with Crippen LogP contribution in [-0.4, -0.2) is 66.5 Å². The third-order valence-electron chi connectivity index (χ3n) is 2.92. The first-order valence-corrected chi connectivity index (χ1v) is 7.10. The van der Waals surface area contributed by atoms with Gasteiger partial charge in [0.05, 0.1) is 18.8 Å². The monoisotopic (exact) mass is 303 g/mol. The Kier molecular flexibility index (Phi) is 6.86. The van der Waals surface area contributed by atoms with Gasteiger partial charge < -0.3 is 20.1 Å². The average molecular weight is 303 g/mol. The number of hydroxylamine groups is 1. The van der Waals surface area contributed by atoms with Crippen LogP contribution in [0.2, 0.25) is 0 Å². The number of aliphatic hydroxyl groups is 1. The van der Waals surface area contributed by atoms with Crippen molar-refractivity contribution in [2.75, 3.05) is 32.9 Å². The van der Waals surface area contributed by atoms with Gasteiger partial charge in [-0.3, -0.25) is 9.63 Å². The second-order valence-corrected chi connectivity index (χ2v) is 5.58. The van der Waals surface area contributed by atoms with E-state index in [0.717, 1.165) is 0 Å². The molecule has 0 aliphatic carbocycles. The molecule has 1 aliphatic heterocycles.